The van der Waals surface area contributed by atoms with E-state index in [0.29, 0.717) is 104 Å². The maximum absolute atomic E-state index is 11.3. The van der Waals surface area contributed by atoms with E-state index < -0.39 is 0 Å². The number of hydrogen-bond donors (Lipinski definition) is 18. The summed E-state index contributed by atoms with van der Waals surface area (Å²) in [6.07, 6.45) is 7.34. The number of nitrogen functional groups attached to an aromatic ring is 10. The highest BCUT2D eigenvalue weighted by atomic mass is 79.9. The van der Waals surface area contributed by atoms with E-state index in [1.54, 1.807) is 61.3 Å². The van der Waals surface area contributed by atoms with Crippen LogP contribution >= 0.6 is 15.9 Å². The van der Waals surface area contributed by atoms with Gasteiger partial charge >= 0.3 is 6.15 Å². The van der Waals surface area contributed by atoms with Gasteiger partial charge in [0.05, 0.1) is 94.1 Å². The number of carbonyl (C=O) groups is 10. The molecule has 22 rings (SSSR count). The zero-order valence-electron chi connectivity index (χ0n) is 73.4. The molecule has 11 aliphatic heterocycles. The zero-order valence-corrected chi connectivity index (χ0v) is 75.0. The molecule has 11 aromatic rings. The summed E-state index contributed by atoms with van der Waals surface area (Å²) in [5.74, 6) is 1.25. The molecule has 34 nitrogen and oxygen atoms in total. The first-order chi connectivity index (χ1) is 62.9. The molecule has 0 bridgehead atoms. The summed E-state index contributed by atoms with van der Waals surface area (Å²) in [6.45, 7) is 7.97. The number of benzene rings is 11. The molecule has 35 heteroatoms. The minimum atomic E-state index is -0.0149. The fourth-order valence-corrected chi connectivity index (χ4v) is 16.6. The summed E-state index contributed by atoms with van der Waals surface area (Å²) in [7, 11) is 5.11. The average molecular weight is 1850 g/mol. The van der Waals surface area contributed by atoms with Crippen LogP contribution in [0.5, 0.6) is 5.75 Å². The maximum Gasteiger partial charge on any atom is 0.373 e. The molecule has 0 atom stereocenters. The Morgan fingerprint density at radius 2 is 0.735 bits per heavy atom. The highest BCUT2D eigenvalue weighted by Crippen LogP contribution is 2.41. The van der Waals surface area contributed by atoms with Crippen molar-refractivity contribution in [1.82, 2.24) is 0 Å². The van der Waals surface area contributed by atoms with Gasteiger partial charge in [0.15, 0.2) is 0 Å². The van der Waals surface area contributed by atoms with Gasteiger partial charge in [0, 0.05) is 146 Å². The number of halogens is 1. The second kappa shape index (κ2) is 41.6. The van der Waals surface area contributed by atoms with E-state index in [-0.39, 0.29) is 65.2 Å². The number of aryl methyl sites for hydroxylation is 2. The predicted octanol–water partition coefficient (Wildman–Crippen LogP) is 11.1. The topological polar surface area (TPSA) is 580 Å². The van der Waals surface area contributed by atoms with E-state index >= 15 is 0 Å². The van der Waals surface area contributed by atoms with Crippen LogP contribution in [-0.4, -0.2) is 99.5 Å². The first kappa shape index (κ1) is 94.7. The second-order valence-corrected chi connectivity index (χ2v) is 33.2. The molecule has 0 aliphatic carbocycles. The third kappa shape index (κ3) is 23.3. The lowest BCUT2D eigenvalue weighted by molar-refractivity contribution is -0.192. The molecule has 28 N–H and O–H groups in total. The minimum absolute atomic E-state index is 0.0149. The van der Waals surface area contributed by atoms with Crippen LogP contribution < -0.4 is 119 Å². The van der Waals surface area contributed by atoms with Gasteiger partial charge in [0.1, 0.15) is 5.75 Å². The molecule has 1 fully saturated rings. The third-order valence-electron chi connectivity index (χ3n) is 22.8. The molecule has 0 spiro atoms. The van der Waals surface area contributed by atoms with Crippen LogP contribution in [0.25, 0.3) is 11.1 Å². The summed E-state index contributed by atoms with van der Waals surface area (Å²) in [4.78, 5) is 133. The molecular weight excluding hydrogens is 1750 g/mol. The highest BCUT2D eigenvalue weighted by molar-refractivity contribution is 9.10. The Bertz CT molecular complexity index is 6280. The van der Waals surface area contributed by atoms with Crippen molar-refractivity contribution in [1.29, 1.82) is 0 Å². The average Bonchev–Trinajstić information content (AvgIpc) is 1.64. The van der Waals surface area contributed by atoms with E-state index in [2.05, 4.69) is 69.4 Å². The Morgan fingerprint density at radius 1 is 0.333 bits per heavy atom. The van der Waals surface area contributed by atoms with Crippen LogP contribution in [0, 0.1) is 20.8 Å². The summed E-state index contributed by atoms with van der Waals surface area (Å²) >= 11 is 3.33. The lowest BCUT2D eigenvalue weighted by Crippen LogP contribution is -2.20. The molecule has 0 radical (unpaired) electrons. The van der Waals surface area contributed by atoms with Crippen molar-refractivity contribution >= 4 is 201 Å². The van der Waals surface area contributed by atoms with Crippen molar-refractivity contribution in [3.63, 3.8) is 0 Å². The van der Waals surface area contributed by atoms with Gasteiger partial charge in [-0.1, -0.05) is 60.7 Å². The van der Waals surface area contributed by atoms with Crippen LogP contribution in [0.15, 0.2) is 174 Å². The maximum atomic E-state index is 11.3. The molecule has 1 saturated heterocycles. The number of anilines is 21. The van der Waals surface area contributed by atoms with Gasteiger partial charge in [-0.3, -0.25) is 47.9 Å². The molecule has 680 valence electrons. The Morgan fingerprint density at radius 3 is 1.25 bits per heavy atom. The molecule has 11 aromatic carbocycles. The van der Waals surface area contributed by atoms with Crippen LogP contribution in [-0.2, 0) is 122 Å². The SMILES string of the molecule is CN1C(=O)Cc2ccc(N)cc21.CN1C(=O)Cc2ccc(N)cc21.COc1cc(N)cc2c1CC(=O)N2.Cc1c(N)ccc2c1CC(=O)N2.Cc1cc2c(cc1N)NC(=O)C2.Cc1cc2c(cc1N)NC(=O)C2.Nc1cc(Br)c2c(c1)CC(=O)N2.Nc1cc2c(cc1-c1ccccc1)NC(=O)C2.Nc1cc2c(cc1N1CCCC1)CC(=O)N2.Nc1ccc2c(c1)NC(=O)C2.O=C=O. The van der Waals surface area contributed by atoms with Gasteiger partial charge in [-0.05, 0) is 225 Å². The molecule has 10 amide bonds. The van der Waals surface area contributed by atoms with Crippen molar-refractivity contribution in [2.24, 2.45) is 0 Å². The van der Waals surface area contributed by atoms with Crippen LogP contribution in [0.3, 0.4) is 0 Å². The summed E-state index contributed by atoms with van der Waals surface area (Å²) in [5, 5.41) is 22.1. The number of nitrogens with two attached hydrogens (primary N) is 10. The molecule has 11 heterocycles. The second-order valence-electron chi connectivity index (χ2n) is 32.4. The van der Waals surface area contributed by atoms with Crippen LogP contribution in [0.4, 0.5) is 119 Å². The smallest absolute Gasteiger partial charge is 0.373 e. The largest absolute Gasteiger partial charge is 0.496 e. The molecule has 132 heavy (non-hydrogen) atoms. The summed E-state index contributed by atoms with van der Waals surface area (Å²) in [6, 6.07) is 52.6. The Labute approximate surface area is 768 Å². The number of ether oxygens (including phenoxy) is 1. The minimum Gasteiger partial charge on any atom is -0.496 e. The highest BCUT2D eigenvalue weighted by Gasteiger charge is 2.30. The van der Waals surface area contributed by atoms with Gasteiger partial charge in [0.2, 0.25) is 59.1 Å². The number of carbonyl (C=O) groups excluding carboxylic acids is 12. The number of fused-ring (bicyclic) bond motifs is 10. The Hall–Kier alpha value is -16.4. The zero-order chi connectivity index (χ0) is 95.2. The van der Waals surface area contributed by atoms with E-state index in [4.69, 9.17) is 71.7 Å². The van der Waals surface area contributed by atoms with E-state index in [9.17, 15) is 47.9 Å². The monoisotopic (exact) mass is 1850 g/mol. The predicted molar refractivity (Wildman–Crippen MR) is 522 cm³/mol. The molecule has 0 aromatic heterocycles. The van der Waals surface area contributed by atoms with Crippen molar-refractivity contribution in [3.05, 3.63) is 247 Å². The number of nitrogens with one attached hydrogen (secondary N) is 8. The molecule has 0 saturated carbocycles. The van der Waals surface area contributed by atoms with Gasteiger partial charge in [-0.15, -0.1) is 0 Å². The lowest BCUT2D eigenvalue weighted by Gasteiger charge is -2.20. The van der Waals surface area contributed by atoms with Gasteiger partial charge in [-0.25, -0.2) is 0 Å². The van der Waals surface area contributed by atoms with Gasteiger partial charge in [-0.2, -0.15) is 9.59 Å². The van der Waals surface area contributed by atoms with E-state index in [1.807, 2.05) is 154 Å². The molecular formula is C97H102BrN21O13. The van der Waals surface area contributed by atoms with Crippen molar-refractivity contribution in [3.8, 4) is 16.9 Å². The number of likely N-dealkylation sites (N-methyl/N-ethyl adjacent to an activating group) is 2. The van der Waals surface area contributed by atoms with E-state index in [1.165, 1.54) is 12.8 Å². The third-order valence-corrected chi connectivity index (χ3v) is 23.4. The Balaban J connectivity index is 0.000000132. The van der Waals surface area contributed by atoms with E-state index in [0.717, 1.165) is 186 Å². The fourth-order valence-electron chi connectivity index (χ4n) is 15.9. The van der Waals surface area contributed by atoms with Crippen molar-refractivity contribution in [2.75, 3.05) is 149 Å². The normalized spacial score (nSPS) is 14.5. The quantitative estimate of drug-likeness (QED) is 0.0731. The van der Waals surface area contributed by atoms with Crippen molar-refractivity contribution in [2.45, 2.75) is 97.8 Å². The van der Waals surface area contributed by atoms with Crippen LogP contribution in [0.2, 0.25) is 0 Å². The first-order valence-electron chi connectivity index (χ1n) is 41.8. The molecule has 11 aliphatic rings. The summed E-state index contributed by atoms with van der Waals surface area (Å²) in [5.41, 5.74) is 89.3. The number of rotatable bonds is 3. The first-order valence-corrected chi connectivity index (χ1v) is 42.6. The Kier molecular flexibility index (Phi) is 29.8. The molecule has 0 unspecified atom stereocenters. The van der Waals surface area contributed by atoms with Crippen molar-refractivity contribution < 1.29 is 62.3 Å². The van der Waals surface area contributed by atoms with Gasteiger partial charge < -0.3 is 119 Å². The standard InChI is InChI=1S/C14H12N2O.C12H15N3O.C9H10N2O2.5C9H10N2O.C8H7BrN2O.C8H8N2O.CO2/c15-12-6-10-7-14(17)16-13(10)8-11(12)9-4-2-1-3-5-9;13-9-7-10-8(6-12(16)14-10)5-11(9)15-3-1-2-4-15;1-13-8-3-5(10)2-7-6(8)4-9(12)11-7;2*1-5-2-6-3-9(12)11-8(6)4-7(5)10;2*1-11-8-5-7(10)3-2-6(8)4-9(11)12;1-5-6-4-9(12)11-8(6)3-2-7(5)10;9-6-3-5(10)1-4-2-7(12)11-8(4)6;9-6-2-1-5-3-8(11)10-7(5)4-6;2-1-3/h1-6,8H,7,15H2,(H,16,17);5,7H,1-4,6,13H2,(H,14,16);2-3H,4,10H2,1H3,(H,11,12);2*2,4H,3,10H2,1H3,(H,11,12);2*2-3,5H,4,10H2,1H3;2-3H,4,10H2,1H3,(H,11,12);1,3H,2,10H2,(H,11,12);1-2,4H,3,9H2,(H,10,11);. The van der Waals surface area contributed by atoms with Crippen LogP contribution in [0.1, 0.15) is 85.2 Å². The fraction of sp³-hybridized carbons (Fsp3) is 0.206. The number of methoxy groups -OCH3 is 1. The van der Waals surface area contributed by atoms with Gasteiger partial charge in [0.25, 0.3) is 0 Å². The number of amides is 10. The number of hydrogen-bond acceptors (Lipinski definition) is 24. The lowest BCUT2D eigenvalue weighted by atomic mass is 10.0. The summed E-state index contributed by atoms with van der Waals surface area (Å²) < 4.78 is 5.96. The number of nitrogens with zero attached hydrogens (tertiary/aromatic N) is 3.